The van der Waals surface area contributed by atoms with Crippen LogP contribution in [-0.2, 0) is 9.53 Å². The van der Waals surface area contributed by atoms with Gasteiger partial charge < -0.3 is 14.7 Å². The normalized spacial score (nSPS) is 20.8. The van der Waals surface area contributed by atoms with Crippen LogP contribution in [0.25, 0.3) is 0 Å². The largest absolute Gasteiger partial charge is 0.481 e. The summed E-state index contributed by atoms with van der Waals surface area (Å²) < 4.78 is 5.31. The van der Waals surface area contributed by atoms with Crippen LogP contribution in [0.1, 0.15) is 5.56 Å². The van der Waals surface area contributed by atoms with Crippen molar-refractivity contribution < 1.29 is 14.6 Å². The number of anilines is 1. The fourth-order valence-corrected chi connectivity index (χ4v) is 1.91. The number of ether oxygens (including phenoxy) is 1. The lowest BCUT2D eigenvalue weighted by atomic mass is 10.1. The van der Waals surface area contributed by atoms with E-state index >= 15 is 0 Å². The SMILES string of the molecule is Cc1ccccc1N1COCC(C(=O)O)C1. The van der Waals surface area contributed by atoms with Gasteiger partial charge in [0.2, 0.25) is 0 Å². The lowest BCUT2D eigenvalue weighted by Crippen LogP contribution is -2.42. The second-order valence-corrected chi connectivity index (χ2v) is 4.04. The fourth-order valence-electron chi connectivity index (χ4n) is 1.91. The van der Waals surface area contributed by atoms with Crippen LogP contribution < -0.4 is 4.90 Å². The van der Waals surface area contributed by atoms with E-state index < -0.39 is 11.9 Å². The van der Waals surface area contributed by atoms with Gasteiger partial charge in [0.1, 0.15) is 6.73 Å². The number of aryl methyl sites for hydroxylation is 1. The van der Waals surface area contributed by atoms with Crippen LogP contribution >= 0.6 is 0 Å². The van der Waals surface area contributed by atoms with Gasteiger partial charge in [-0.1, -0.05) is 18.2 Å². The van der Waals surface area contributed by atoms with Crippen molar-refractivity contribution in [3.05, 3.63) is 29.8 Å². The average molecular weight is 221 g/mol. The Hall–Kier alpha value is -1.55. The Morgan fingerprint density at radius 3 is 2.94 bits per heavy atom. The van der Waals surface area contributed by atoms with E-state index in [-0.39, 0.29) is 0 Å². The molecule has 0 aromatic heterocycles. The Bertz CT molecular complexity index is 392. The molecule has 4 heteroatoms. The fraction of sp³-hybridized carbons (Fsp3) is 0.417. The molecule has 0 spiro atoms. The third kappa shape index (κ3) is 2.17. The lowest BCUT2D eigenvalue weighted by molar-refractivity contribution is -0.144. The second-order valence-electron chi connectivity index (χ2n) is 4.04. The highest BCUT2D eigenvalue weighted by atomic mass is 16.5. The summed E-state index contributed by atoms with van der Waals surface area (Å²) in [7, 11) is 0. The van der Waals surface area contributed by atoms with Gasteiger partial charge in [-0.25, -0.2) is 0 Å². The van der Waals surface area contributed by atoms with Gasteiger partial charge in [-0.15, -0.1) is 0 Å². The molecule has 0 saturated carbocycles. The van der Waals surface area contributed by atoms with E-state index in [2.05, 4.69) is 0 Å². The predicted octanol–water partition coefficient (Wildman–Crippen LogP) is 1.49. The van der Waals surface area contributed by atoms with E-state index in [0.29, 0.717) is 19.9 Å². The Morgan fingerprint density at radius 2 is 2.25 bits per heavy atom. The molecule has 1 saturated heterocycles. The Labute approximate surface area is 94.4 Å². The van der Waals surface area contributed by atoms with Crippen LogP contribution in [0.3, 0.4) is 0 Å². The predicted molar refractivity (Wildman–Crippen MR) is 60.5 cm³/mol. The van der Waals surface area contributed by atoms with Crippen molar-refractivity contribution in [2.45, 2.75) is 6.92 Å². The maximum Gasteiger partial charge on any atom is 0.310 e. The van der Waals surface area contributed by atoms with Crippen molar-refractivity contribution >= 4 is 11.7 Å². The second kappa shape index (κ2) is 4.53. The topological polar surface area (TPSA) is 49.8 Å². The zero-order valence-corrected chi connectivity index (χ0v) is 9.22. The monoisotopic (exact) mass is 221 g/mol. The van der Waals surface area contributed by atoms with E-state index in [1.54, 1.807) is 0 Å². The quantitative estimate of drug-likeness (QED) is 0.822. The third-order valence-corrected chi connectivity index (χ3v) is 2.81. The number of para-hydroxylation sites is 1. The first-order valence-electron chi connectivity index (χ1n) is 5.29. The smallest absolute Gasteiger partial charge is 0.310 e. The molecule has 0 radical (unpaired) electrons. The third-order valence-electron chi connectivity index (χ3n) is 2.81. The zero-order chi connectivity index (χ0) is 11.5. The van der Waals surface area contributed by atoms with Gasteiger partial charge in [0.15, 0.2) is 0 Å². The summed E-state index contributed by atoms with van der Waals surface area (Å²) in [5.41, 5.74) is 2.19. The molecule has 1 heterocycles. The Kier molecular flexibility index (Phi) is 3.10. The van der Waals surface area contributed by atoms with Gasteiger partial charge in [0.25, 0.3) is 0 Å². The van der Waals surface area contributed by atoms with Crippen molar-refractivity contribution in [2.75, 3.05) is 24.8 Å². The molecule has 1 unspecified atom stereocenters. The van der Waals surface area contributed by atoms with E-state index in [0.717, 1.165) is 11.3 Å². The summed E-state index contributed by atoms with van der Waals surface area (Å²) in [5, 5.41) is 8.97. The molecule has 0 bridgehead atoms. The molecule has 1 aromatic rings. The first-order valence-corrected chi connectivity index (χ1v) is 5.29. The summed E-state index contributed by atoms with van der Waals surface area (Å²) >= 11 is 0. The Morgan fingerprint density at radius 1 is 1.50 bits per heavy atom. The maximum atomic E-state index is 10.9. The Balaban J connectivity index is 2.16. The summed E-state index contributed by atoms with van der Waals surface area (Å²) in [6, 6.07) is 7.92. The van der Waals surface area contributed by atoms with Gasteiger partial charge in [-0.3, -0.25) is 4.79 Å². The summed E-state index contributed by atoms with van der Waals surface area (Å²) in [5.74, 6) is -1.23. The molecule has 0 aliphatic carbocycles. The first-order chi connectivity index (χ1) is 7.68. The van der Waals surface area contributed by atoms with Crippen LogP contribution in [-0.4, -0.2) is 31.0 Å². The van der Waals surface area contributed by atoms with Gasteiger partial charge in [-0.05, 0) is 18.6 Å². The molecule has 1 atom stereocenters. The molecule has 2 rings (SSSR count). The summed E-state index contributed by atoms with van der Waals surface area (Å²) in [6.45, 7) is 3.30. The van der Waals surface area contributed by atoms with Crippen molar-refractivity contribution in [3.63, 3.8) is 0 Å². The molecule has 1 aromatic carbocycles. The van der Waals surface area contributed by atoms with Gasteiger partial charge in [0.05, 0.1) is 12.5 Å². The molecule has 1 fully saturated rings. The van der Waals surface area contributed by atoms with E-state index in [1.807, 2.05) is 36.1 Å². The number of rotatable bonds is 2. The van der Waals surface area contributed by atoms with Crippen molar-refractivity contribution in [1.82, 2.24) is 0 Å². The molecule has 1 aliphatic heterocycles. The zero-order valence-electron chi connectivity index (χ0n) is 9.22. The number of carboxylic acid groups (broad SMARTS) is 1. The van der Waals surface area contributed by atoms with Crippen molar-refractivity contribution in [2.24, 2.45) is 5.92 Å². The standard InChI is InChI=1S/C12H15NO3/c1-9-4-2-3-5-11(9)13-6-10(12(14)15)7-16-8-13/h2-5,10H,6-8H2,1H3,(H,14,15). The van der Waals surface area contributed by atoms with Crippen molar-refractivity contribution in [3.8, 4) is 0 Å². The number of hydrogen-bond acceptors (Lipinski definition) is 3. The number of nitrogens with zero attached hydrogens (tertiary/aromatic N) is 1. The van der Waals surface area contributed by atoms with Gasteiger partial charge >= 0.3 is 5.97 Å². The number of aliphatic carboxylic acids is 1. The minimum absolute atomic E-state index is 0.303. The molecule has 1 N–H and O–H groups in total. The lowest BCUT2D eigenvalue weighted by Gasteiger charge is -2.33. The highest BCUT2D eigenvalue weighted by Crippen LogP contribution is 2.22. The molecule has 16 heavy (non-hydrogen) atoms. The molecule has 4 nitrogen and oxygen atoms in total. The number of carboxylic acids is 1. The van der Waals surface area contributed by atoms with Crippen LogP contribution in [0.5, 0.6) is 0 Å². The van der Waals surface area contributed by atoms with E-state index in [4.69, 9.17) is 9.84 Å². The van der Waals surface area contributed by atoms with E-state index in [1.165, 1.54) is 0 Å². The molecule has 0 amide bonds. The highest BCUT2D eigenvalue weighted by Gasteiger charge is 2.26. The van der Waals surface area contributed by atoms with Gasteiger partial charge in [-0.2, -0.15) is 0 Å². The molecular formula is C12H15NO3. The molecule has 86 valence electrons. The highest BCUT2D eigenvalue weighted by molar-refractivity contribution is 5.71. The minimum atomic E-state index is -0.793. The maximum absolute atomic E-state index is 10.9. The molecule has 1 aliphatic rings. The summed E-state index contributed by atoms with van der Waals surface area (Å²) in [6.07, 6.45) is 0. The number of benzene rings is 1. The number of hydrogen-bond donors (Lipinski definition) is 1. The van der Waals surface area contributed by atoms with Crippen LogP contribution in [0.4, 0.5) is 5.69 Å². The van der Waals surface area contributed by atoms with Crippen LogP contribution in [0.15, 0.2) is 24.3 Å². The van der Waals surface area contributed by atoms with Crippen LogP contribution in [0.2, 0.25) is 0 Å². The molecular weight excluding hydrogens is 206 g/mol. The van der Waals surface area contributed by atoms with Crippen LogP contribution in [0, 0.1) is 12.8 Å². The van der Waals surface area contributed by atoms with Crippen molar-refractivity contribution in [1.29, 1.82) is 0 Å². The first kappa shape index (κ1) is 11.0. The summed E-state index contributed by atoms with van der Waals surface area (Å²) in [4.78, 5) is 12.9. The average Bonchev–Trinajstić information content (AvgIpc) is 2.30. The van der Waals surface area contributed by atoms with E-state index in [9.17, 15) is 4.79 Å². The minimum Gasteiger partial charge on any atom is -0.481 e. The van der Waals surface area contributed by atoms with Gasteiger partial charge in [0, 0.05) is 12.2 Å². The number of carbonyl (C=O) groups is 1.